The van der Waals surface area contributed by atoms with Gasteiger partial charge in [0.05, 0.1) is 12.0 Å². The lowest BCUT2D eigenvalue weighted by Crippen LogP contribution is -2.29. The molecule has 0 amide bonds. The number of hydrogen-bond donors (Lipinski definition) is 3. The molecule has 0 bridgehead atoms. The van der Waals surface area contributed by atoms with Crippen LogP contribution in [0.1, 0.15) is 0 Å². The van der Waals surface area contributed by atoms with Crippen LogP contribution in [0.4, 0.5) is 21.8 Å². The van der Waals surface area contributed by atoms with E-state index in [1.165, 1.54) is 19.2 Å². The van der Waals surface area contributed by atoms with Gasteiger partial charge in [-0.1, -0.05) is 6.07 Å². The highest BCUT2D eigenvalue weighted by Crippen LogP contribution is 2.20. The number of ether oxygens (including phenoxy) is 1. The Labute approximate surface area is 167 Å². The van der Waals surface area contributed by atoms with E-state index in [4.69, 9.17) is 4.74 Å². The van der Waals surface area contributed by atoms with E-state index in [0.29, 0.717) is 17.5 Å². The van der Waals surface area contributed by atoms with E-state index in [2.05, 4.69) is 30.5 Å². The van der Waals surface area contributed by atoms with Crippen molar-refractivity contribution in [3.63, 3.8) is 0 Å². The number of benzene rings is 1. The third-order valence-corrected chi connectivity index (χ3v) is 5.20. The minimum atomic E-state index is -3.84. The zero-order chi connectivity index (χ0) is 20.7. The van der Waals surface area contributed by atoms with Crippen LogP contribution < -0.4 is 20.1 Å². The minimum Gasteiger partial charge on any atom is -0.494 e. The maximum absolute atomic E-state index is 13.7. The summed E-state index contributed by atoms with van der Waals surface area (Å²) in [5.74, 6) is 0.878. The van der Waals surface area contributed by atoms with Crippen LogP contribution in [0.25, 0.3) is 0 Å². The molecule has 3 N–H and O–H groups in total. The molecule has 0 fully saturated rings. The fraction of sp³-hybridized carbons (Fsp3) is 0.167. The molecule has 9 nitrogen and oxygen atoms in total. The summed E-state index contributed by atoms with van der Waals surface area (Å²) < 4.78 is 45.3. The van der Waals surface area contributed by atoms with Gasteiger partial charge in [0.1, 0.15) is 11.6 Å². The molecule has 3 rings (SSSR count). The highest BCUT2D eigenvalue weighted by molar-refractivity contribution is 7.89. The number of nitrogens with zero attached hydrogens (tertiary/aromatic N) is 3. The van der Waals surface area contributed by atoms with Crippen LogP contribution in [0.3, 0.4) is 0 Å². The fourth-order valence-electron chi connectivity index (χ4n) is 2.33. The third kappa shape index (κ3) is 5.59. The number of sulfonamides is 1. The van der Waals surface area contributed by atoms with Crippen molar-refractivity contribution in [2.75, 3.05) is 30.8 Å². The predicted molar refractivity (Wildman–Crippen MR) is 106 cm³/mol. The summed E-state index contributed by atoms with van der Waals surface area (Å²) in [6, 6.07) is 12.3. The number of aromatic nitrogens is 3. The highest BCUT2D eigenvalue weighted by atomic mass is 32.2. The molecule has 0 atom stereocenters. The molecule has 29 heavy (non-hydrogen) atoms. The second kappa shape index (κ2) is 9.26. The zero-order valence-electron chi connectivity index (χ0n) is 15.5. The van der Waals surface area contributed by atoms with Gasteiger partial charge in [-0.25, -0.2) is 22.5 Å². The quantitative estimate of drug-likeness (QED) is 0.453. The molecule has 152 valence electrons. The van der Waals surface area contributed by atoms with Crippen molar-refractivity contribution in [2.24, 2.45) is 0 Å². The van der Waals surface area contributed by atoms with Crippen molar-refractivity contribution in [3.05, 3.63) is 60.5 Å². The van der Waals surface area contributed by atoms with E-state index >= 15 is 0 Å². The normalized spacial score (nSPS) is 11.1. The monoisotopic (exact) mass is 418 g/mol. The molecule has 3 aromatic rings. The number of pyridine rings is 1. The highest BCUT2D eigenvalue weighted by Gasteiger charge is 2.16. The Kier molecular flexibility index (Phi) is 6.52. The SMILES string of the molecule is COc1ccc(S(=O)(=O)NCCNc2ccc(Nc3ccccn3)nn2)cc1F. The summed E-state index contributed by atoms with van der Waals surface area (Å²) in [5, 5.41) is 14.0. The van der Waals surface area contributed by atoms with Gasteiger partial charge in [-0.2, -0.15) is 0 Å². The number of nitrogens with one attached hydrogen (secondary N) is 3. The average molecular weight is 418 g/mol. The van der Waals surface area contributed by atoms with Gasteiger partial charge in [0.2, 0.25) is 10.0 Å². The van der Waals surface area contributed by atoms with E-state index in [9.17, 15) is 12.8 Å². The first-order valence-electron chi connectivity index (χ1n) is 8.57. The Morgan fingerprint density at radius 1 is 1.00 bits per heavy atom. The molecular formula is C18H19FN6O3S. The molecule has 0 saturated heterocycles. The van der Waals surface area contributed by atoms with Gasteiger partial charge in [-0.15, -0.1) is 10.2 Å². The number of methoxy groups -OCH3 is 1. The summed E-state index contributed by atoms with van der Waals surface area (Å²) >= 11 is 0. The van der Waals surface area contributed by atoms with Gasteiger partial charge < -0.3 is 15.4 Å². The molecule has 0 aliphatic carbocycles. The first-order valence-corrected chi connectivity index (χ1v) is 10.0. The molecule has 0 unspecified atom stereocenters. The standard InChI is InChI=1S/C18H19FN6O3S/c1-28-15-6-5-13(12-14(15)19)29(26,27)22-11-10-21-17-7-8-18(25-24-17)23-16-4-2-3-9-20-16/h2-9,12,22H,10-11H2,1H3,(H,21,24)(H,20,23,25). The molecule has 2 heterocycles. The molecule has 0 saturated carbocycles. The lowest BCUT2D eigenvalue weighted by Gasteiger charge is -2.09. The van der Waals surface area contributed by atoms with E-state index in [-0.39, 0.29) is 23.7 Å². The third-order valence-electron chi connectivity index (χ3n) is 3.74. The first-order chi connectivity index (χ1) is 14.0. The van der Waals surface area contributed by atoms with Crippen LogP contribution in [0.15, 0.2) is 59.6 Å². The minimum absolute atomic E-state index is 0.0230. The summed E-state index contributed by atoms with van der Waals surface area (Å²) in [6.07, 6.45) is 1.66. The smallest absolute Gasteiger partial charge is 0.240 e. The van der Waals surface area contributed by atoms with Crippen molar-refractivity contribution < 1.29 is 17.5 Å². The van der Waals surface area contributed by atoms with Crippen molar-refractivity contribution in [2.45, 2.75) is 4.90 Å². The molecule has 0 spiro atoms. The lowest BCUT2D eigenvalue weighted by atomic mass is 10.3. The van der Waals surface area contributed by atoms with Crippen molar-refractivity contribution in [1.82, 2.24) is 19.9 Å². The summed E-state index contributed by atoms with van der Waals surface area (Å²) in [7, 11) is -2.54. The number of rotatable bonds is 9. The van der Waals surface area contributed by atoms with Crippen LogP contribution >= 0.6 is 0 Å². The lowest BCUT2D eigenvalue weighted by molar-refractivity contribution is 0.385. The van der Waals surface area contributed by atoms with Crippen LogP contribution in [-0.4, -0.2) is 43.8 Å². The molecular weight excluding hydrogens is 399 g/mol. The fourth-order valence-corrected chi connectivity index (χ4v) is 3.38. The predicted octanol–water partition coefficient (Wildman–Crippen LogP) is 2.15. The van der Waals surface area contributed by atoms with Gasteiger partial charge in [0.25, 0.3) is 0 Å². The number of hydrogen-bond acceptors (Lipinski definition) is 8. The van der Waals surface area contributed by atoms with Crippen LogP contribution in [0.2, 0.25) is 0 Å². The maximum atomic E-state index is 13.7. The summed E-state index contributed by atoms with van der Waals surface area (Å²) in [6.45, 7) is 0.338. The number of halogens is 1. The van der Waals surface area contributed by atoms with Gasteiger partial charge in [-0.3, -0.25) is 0 Å². The topological polar surface area (TPSA) is 118 Å². The van der Waals surface area contributed by atoms with Gasteiger partial charge in [-0.05, 0) is 42.5 Å². The van der Waals surface area contributed by atoms with Crippen LogP contribution in [0, 0.1) is 5.82 Å². The van der Waals surface area contributed by atoms with Gasteiger partial charge in [0, 0.05) is 19.3 Å². The maximum Gasteiger partial charge on any atom is 0.240 e. The van der Waals surface area contributed by atoms with Crippen molar-refractivity contribution >= 4 is 27.5 Å². The largest absolute Gasteiger partial charge is 0.494 e. The Morgan fingerprint density at radius 2 is 1.79 bits per heavy atom. The Morgan fingerprint density at radius 3 is 2.45 bits per heavy atom. The Balaban J connectivity index is 1.49. The Hall–Kier alpha value is -3.31. The molecule has 0 radical (unpaired) electrons. The summed E-state index contributed by atoms with van der Waals surface area (Å²) in [4.78, 5) is 3.95. The van der Waals surface area contributed by atoms with E-state index in [1.807, 2.05) is 12.1 Å². The molecule has 11 heteroatoms. The van der Waals surface area contributed by atoms with Crippen molar-refractivity contribution in [1.29, 1.82) is 0 Å². The average Bonchev–Trinajstić information content (AvgIpc) is 2.73. The first kappa shape index (κ1) is 20.4. The van der Waals surface area contributed by atoms with Crippen molar-refractivity contribution in [3.8, 4) is 5.75 Å². The molecule has 1 aromatic carbocycles. The van der Waals surface area contributed by atoms with E-state index < -0.39 is 15.8 Å². The second-order valence-electron chi connectivity index (χ2n) is 5.76. The van der Waals surface area contributed by atoms with Gasteiger partial charge >= 0.3 is 0 Å². The second-order valence-corrected chi connectivity index (χ2v) is 7.53. The molecule has 2 aromatic heterocycles. The van der Waals surface area contributed by atoms with Crippen LogP contribution in [0.5, 0.6) is 5.75 Å². The zero-order valence-corrected chi connectivity index (χ0v) is 16.3. The molecule has 0 aliphatic rings. The molecule has 0 aliphatic heterocycles. The van der Waals surface area contributed by atoms with E-state index in [0.717, 1.165) is 6.07 Å². The summed E-state index contributed by atoms with van der Waals surface area (Å²) in [5.41, 5.74) is 0. The van der Waals surface area contributed by atoms with Gasteiger partial charge in [0.15, 0.2) is 17.4 Å². The van der Waals surface area contributed by atoms with E-state index in [1.54, 1.807) is 24.4 Å². The van der Waals surface area contributed by atoms with Crippen LogP contribution in [-0.2, 0) is 10.0 Å². The number of anilines is 3. The Bertz CT molecular complexity index is 1050.